The predicted molar refractivity (Wildman–Crippen MR) is 108 cm³/mol. The van der Waals surface area contributed by atoms with Gasteiger partial charge in [-0.05, 0) is 61.9 Å². The molecular formula is C20H24N2O3S2. The Balaban J connectivity index is 1.52. The molecule has 7 heteroatoms. The van der Waals surface area contributed by atoms with E-state index >= 15 is 0 Å². The van der Waals surface area contributed by atoms with Crippen LogP contribution in [0.15, 0.2) is 35.2 Å². The smallest absolute Gasteiger partial charge is 0.265 e. The topological polar surface area (TPSA) is 66.5 Å². The number of nitrogens with one attached hydrogen (secondary N) is 1. The predicted octanol–water partition coefficient (Wildman–Crippen LogP) is 4.05. The van der Waals surface area contributed by atoms with E-state index in [1.165, 1.54) is 16.9 Å². The molecule has 1 aliphatic carbocycles. The van der Waals surface area contributed by atoms with Gasteiger partial charge in [-0.1, -0.05) is 18.9 Å². The minimum absolute atomic E-state index is 0.168. The first kappa shape index (κ1) is 18.7. The number of carbonyl (C=O) groups excluding carboxylic acids is 1. The third-order valence-corrected chi connectivity index (χ3v) is 8.40. The highest BCUT2D eigenvalue weighted by Gasteiger charge is 2.25. The number of carbonyl (C=O) groups is 1. The maximum Gasteiger partial charge on any atom is 0.265 e. The van der Waals surface area contributed by atoms with Gasteiger partial charge in [0.1, 0.15) is 0 Å². The van der Waals surface area contributed by atoms with Gasteiger partial charge in [0.05, 0.1) is 9.77 Å². The van der Waals surface area contributed by atoms with Gasteiger partial charge in [0, 0.05) is 23.7 Å². The van der Waals surface area contributed by atoms with Crippen molar-refractivity contribution < 1.29 is 13.2 Å². The summed E-state index contributed by atoms with van der Waals surface area (Å²) in [6.45, 7) is 1.14. The van der Waals surface area contributed by atoms with Gasteiger partial charge in [-0.15, -0.1) is 11.3 Å². The minimum atomic E-state index is -3.52. The molecule has 1 aromatic heterocycles. The summed E-state index contributed by atoms with van der Waals surface area (Å²) in [5, 5.41) is 2.86. The first-order valence-electron chi connectivity index (χ1n) is 9.57. The summed E-state index contributed by atoms with van der Waals surface area (Å²) in [6, 6.07) is 8.57. The van der Waals surface area contributed by atoms with Gasteiger partial charge in [-0.2, -0.15) is 4.31 Å². The van der Waals surface area contributed by atoms with Crippen LogP contribution in [0.5, 0.6) is 0 Å². The van der Waals surface area contributed by atoms with E-state index in [4.69, 9.17) is 0 Å². The first-order valence-corrected chi connectivity index (χ1v) is 11.8. The fourth-order valence-corrected chi connectivity index (χ4v) is 6.51. The monoisotopic (exact) mass is 404 g/mol. The van der Waals surface area contributed by atoms with E-state index in [9.17, 15) is 13.2 Å². The van der Waals surface area contributed by atoms with Gasteiger partial charge >= 0.3 is 0 Å². The van der Waals surface area contributed by atoms with Crippen molar-refractivity contribution in [3.05, 3.63) is 45.6 Å². The summed E-state index contributed by atoms with van der Waals surface area (Å²) in [5.41, 5.74) is 1.80. The molecule has 0 spiro atoms. The largest absolute Gasteiger partial charge is 0.321 e. The molecule has 4 rings (SSSR count). The molecule has 2 aliphatic rings. The van der Waals surface area contributed by atoms with E-state index in [2.05, 4.69) is 5.32 Å². The molecule has 1 saturated heterocycles. The Bertz CT molecular complexity index is 920. The van der Waals surface area contributed by atoms with Crippen molar-refractivity contribution in [1.29, 1.82) is 0 Å². The summed E-state index contributed by atoms with van der Waals surface area (Å²) in [7, 11) is -3.52. The molecule has 0 atom stereocenters. The highest BCUT2D eigenvalue weighted by atomic mass is 32.2. The molecule has 1 amide bonds. The van der Waals surface area contributed by atoms with Crippen molar-refractivity contribution in [2.75, 3.05) is 18.4 Å². The number of anilines is 1. The third kappa shape index (κ3) is 3.95. The molecule has 0 saturated carbocycles. The molecule has 0 radical (unpaired) electrons. The normalized spacial score (nSPS) is 18.1. The molecule has 1 fully saturated rings. The van der Waals surface area contributed by atoms with E-state index in [-0.39, 0.29) is 10.8 Å². The van der Waals surface area contributed by atoms with Crippen LogP contribution in [0.1, 0.15) is 52.2 Å². The van der Waals surface area contributed by atoms with E-state index < -0.39 is 10.0 Å². The van der Waals surface area contributed by atoms with Crippen LogP contribution < -0.4 is 5.32 Å². The Morgan fingerprint density at radius 3 is 2.52 bits per heavy atom. The summed E-state index contributed by atoms with van der Waals surface area (Å²) >= 11 is 1.55. The zero-order valence-corrected chi connectivity index (χ0v) is 16.9. The zero-order chi connectivity index (χ0) is 18.9. The molecule has 0 bridgehead atoms. The Labute approximate surface area is 164 Å². The van der Waals surface area contributed by atoms with Gasteiger partial charge in [0.15, 0.2) is 0 Å². The van der Waals surface area contributed by atoms with Crippen LogP contribution in [0, 0.1) is 0 Å². The van der Waals surface area contributed by atoms with Crippen LogP contribution in [0.25, 0.3) is 0 Å². The second kappa shape index (κ2) is 7.73. The molecule has 1 aliphatic heterocycles. The molecule has 2 aromatic rings. The molecule has 1 aromatic carbocycles. The zero-order valence-electron chi connectivity index (χ0n) is 15.2. The maximum atomic E-state index is 13.0. The fourth-order valence-electron chi connectivity index (χ4n) is 3.80. The summed E-state index contributed by atoms with van der Waals surface area (Å²) in [4.78, 5) is 14.8. The SMILES string of the molecule is O=C(Nc1cccc(S(=O)(=O)N2CCCCCC2)c1)c1cc2c(s1)CCC2. The lowest BCUT2D eigenvalue weighted by Gasteiger charge is -2.20. The number of hydrogen-bond acceptors (Lipinski definition) is 4. The number of nitrogens with zero attached hydrogens (tertiary/aromatic N) is 1. The lowest BCUT2D eigenvalue weighted by molar-refractivity contribution is 0.103. The number of rotatable bonds is 4. The summed E-state index contributed by atoms with van der Waals surface area (Å²) in [5.74, 6) is -0.168. The number of thiophene rings is 1. The molecule has 0 unspecified atom stereocenters. The maximum absolute atomic E-state index is 13.0. The average molecular weight is 405 g/mol. The molecule has 5 nitrogen and oxygen atoms in total. The Morgan fingerprint density at radius 2 is 1.78 bits per heavy atom. The van der Waals surface area contributed by atoms with Crippen molar-refractivity contribution in [3.8, 4) is 0 Å². The number of benzene rings is 1. The summed E-state index contributed by atoms with van der Waals surface area (Å²) in [6.07, 6.45) is 7.22. The second-order valence-corrected chi connectivity index (χ2v) is 10.3. The van der Waals surface area contributed by atoms with Crippen molar-refractivity contribution in [2.24, 2.45) is 0 Å². The van der Waals surface area contributed by atoms with Crippen molar-refractivity contribution in [1.82, 2.24) is 4.31 Å². The van der Waals surface area contributed by atoms with Crippen LogP contribution >= 0.6 is 11.3 Å². The van der Waals surface area contributed by atoms with Gasteiger partial charge in [0.2, 0.25) is 10.0 Å². The Kier molecular flexibility index (Phi) is 5.34. The molecule has 27 heavy (non-hydrogen) atoms. The van der Waals surface area contributed by atoms with Crippen molar-refractivity contribution >= 4 is 33.0 Å². The van der Waals surface area contributed by atoms with Crippen LogP contribution in [0.3, 0.4) is 0 Å². The number of fused-ring (bicyclic) bond motifs is 1. The number of hydrogen-bond donors (Lipinski definition) is 1. The first-order chi connectivity index (χ1) is 13.0. The van der Waals surface area contributed by atoms with Crippen LogP contribution in [-0.2, 0) is 22.9 Å². The van der Waals surface area contributed by atoms with E-state index in [1.807, 2.05) is 6.07 Å². The number of sulfonamides is 1. The van der Waals surface area contributed by atoms with Gasteiger partial charge in [-0.25, -0.2) is 8.42 Å². The molecule has 2 heterocycles. The third-order valence-electron chi connectivity index (χ3n) is 5.27. The van der Waals surface area contributed by atoms with Gasteiger partial charge in [-0.3, -0.25) is 4.79 Å². The molecule has 1 N–H and O–H groups in total. The van der Waals surface area contributed by atoms with E-state index in [0.29, 0.717) is 23.7 Å². The average Bonchev–Trinajstić information content (AvgIpc) is 3.14. The quantitative estimate of drug-likeness (QED) is 0.836. The number of amides is 1. The highest BCUT2D eigenvalue weighted by molar-refractivity contribution is 7.89. The van der Waals surface area contributed by atoms with Crippen LogP contribution in [0.2, 0.25) is 0 Å². The highest BCUT2D eigenvalue weighted by Crippen LogP contribution is 2.31. The van der Waals surface area contributed by atoms with Crippen molar-refractivity contribution in [3.63, 3.8) is 0 Å². The van der Waals surface area contributed by atoms with Crippen LogP contribution in [-0.4, -0.2) is 31.7 Å². The Hall–Kier alpha value is -1.70. The lowest BCUT2D eigenvalue weighted by Crippen LogP contribution is -2.32. The minimum Gasteiger partial charge on any atom is -0.321 e. The van der Waals surface area contributed by atoms with E-state index in [1.54, 1.807) is 39.9 Å². The van der Waals surface area contributed by atoms with E-state index in [0.717, 1.165) is 38.5 Å². The Morgan fingerprint density at radius 1 is 1.00 bits per heavy atom. The second-order valence-electron chi connectivity index (χ2n) is 7.21. The molecular weight excluding hydrogens is 380 g/mol. The fraction of sp³-hybridized carbons (Fsp3) is 0.450. The standard InChI is InChI=1S/C20H24N2O3S2/c23-20(19-13-15-7-5-10-18(15)26-19)21-16-8-6-9-17(14-16)27(24,25)22-11-3-1-2-4-12-22/h6,8-9,13-14H,1-5,7,10-12H2,(H,21,23). The lowest BCUT2D eigenvalue weighted by atomic mass is 10.2. The van der Waals surface area contributed by atoms with Gasteiger partial charge < -0.3 is 5.32 Å². The number of aryl methyl sites for hydroxylation is 2. The van der Waals surface area contributed by atoms with Gasteiger partial charge in [0.25, 0.3) is 5.91 Å². The van der Waals surface area contributed by atoms with Crippen LogP contribution in [0.4, 0.5) is 5.69 Å². The van der Waals surface area contributed by atoms with Crippen molar-refractivity contribution in [2.45, 2.75) is 49.8 Å². The molecule has 144 valence electrons. The summed E-state index contributed by atoms with van der Waals surface area (Å²) < 4.78 is 27.5.